The van der Waals surface area contributed by atoms with E-state index in [2.05, 4.69) is 40.8 Å². The fraction of sp³-hybridized carbons (Fsp3) is 0.706. The summed E-state index contributed by atoms with van der Waals surface area (Å²) in [6.45, 7) is 9.82. The van der Waals surface area contributed by atoms with Crippen molar-refractivity contribution in [2.24, 2.45) is 17.6 Å². The van der Waals surface area contributed by atoms with Crippen LogP contribution in [0.5, 0.6) is 0 Å². The number of pyridine rings is 1. The lowest BCUT2D eigenvalue weighted by Crippen LogP contribution is -2.66. The molecule has 1 aromatic rings. The first-order chi connectivity index (χ1) is 10.1. The van der Waals surface area contributed by atoms with Crippen molar-refractivity contribution < 1.29 is 0 Å². The average Bonchev–Trinajstić information content (AvgIpc) is 2.48. The van der Waals surface area contributed by atoms with Gasteiger partial charge in [0.1, 0.15) is 5.82 Å². The van der Waals surface area contributed by atoms with Crippen molar-refractivity contribution in [1.29, 1.82) is 0 Å². The Kier molecular flexibility index (Phi) is 4.18. The van der Waals surface area contributed by atoms with E-state index in [4.69, 9.17) is 5.73 Å². The molecular formula is C17H28N4. The van der Waals surface area contributed by atoms with Crippen LogP contribution in [0.15, 0.2) is 24.4 Å². The third-order valence-electron chi connectivity index (χ3n) is 5.53. The number of anilines is 1. The molecule has 4 heteroatoms. The first-order valence-corrected chi connectivity index (χ1v) is 8.26. The molecule has 0 unspecified atom stereocenters. The summed E-state index contributed by atoms with van der Waals surface area (Å²) in [6.07, 6.45) is 4.44. The van der Waals surface area contributed by atoms with Gasteiger partial charge < -0.3 is 10.6 Å². The van der Waals surface area contributed by atoms with Crippen LogP contribution in [-0.2, 0) is 0 Å². The smallest absolute Gasteiger partial charge is 0.128 e. The quantitative estimate of drug-likeness (QED) is 0.920. The van der Waals surface area contributed by atoms with E-state index in [0.717, 1.165) is 50.4 Å². The summed E-state index contributed by atoms with van der Waals surface area (Å²) < 4.78 is 0. The molecule has 116 valence electrons. The molecule has 4 nitrogen and oxygen atoms in total. The maximum Gasteiger partial charge on any atom is 0.128 e. The van der Waals surface area contributed by atoms with Crippen LogP contribution in [0.2, 0.25) is 0 Å². The standard InChI is InChI=1S/C17H28N4/c1-14(2)15-11-17(12-15,13-18)21-9-7-20(8-10-21)16-5-3-4-6-19-16/h3-6,14-15H,7-13,18H2,1-2H3. The lowest BCUT2D eigenvalue weighted by atomic mass is 9.63. The zero-order valence-electron chi connectivity index (χ0n) is 13.3. The Morgan fingerprint density at radius 3 is 2.48 bits per heavy atom. The van der Waals surface area contributed by atoms with Gasteiger partial charge in [0.05, 0.1) is 0 Å². The van der Waals surface area contributed by atoms with Gasteiger partial charge in [0.25, 0.3) is 0 Å². The minimum absolute atomic E-state index is 0.283. The van der Waals surface area contributed by atoms with Crippen LogP contribution in [0, 0.1) is 11.8 Å². The molecule has 2 fully saturated rings. The highest BCUT2D eigenvalue weighted by Crippen LogP contribution is 2.45. The zero-order chi connectivity index (χ0) is 14.9. The zero-order valence-corrected chi connectivity index (χ0v) is 13.3. The predicted octanol–water partition coefficient (Wildman–Crippen LogP) is 1.97. The highest BCUT2D eigenvalue weighted by Gasteiger charge is 2.48. The molecule has 2 N–H and O–H groups in total. The molecule has 1 saturated carbocycles. The molecule has 0 bridgehead atoms. The van der Waals surface area contributed by atoms with E-state index in [9.17, 15) is 0 Å². The number of hydrogen-bond donors (Lipinski definition) is 1. The second kappa shape index (κ2) is 5.93. The van der Waals surface area contributed by atoms with Gasteiger partial charge in [0.15, 0.2) is 0 Å². The minimum atomic E-state index is 0.283. The third kappa shape index (κ3) is 2.79. The lowest BCUT2D eigenvalue weighted by molar-refractivity contribution is -0.0377. The van der Waals surface area contributed by atoms with Crippen LogP contribution < -0.4 is 10.6 Å². The number of rotatable bonds is 4. The maximum atomic E-state index is 6.14. The molecule has 2 aliphatic rings. The van der Waals surface area contributed by atoms with Gasteiger partial charge in [-0.15, -0.1) is 0 Å². The van der Waals surface area contributed by atoms with Crippen LogP contribution in [0.25, 0.3) is 0 Å². The third-order valence-corrected chi connectivity index (χ3v) is 5.53. The summed E-state index contributed by atoms with van der Waals surface area (Å²) in [5.41, 5.74) is 6.42. The SMILES string of the molecule is CC(C)C1CC(CN)(N2CCN(c3ccccn3)CC2)C1. The van der Waals surface area contributed by atoms with E-state index in [-0.39, 0.29) is 5.54 Å². The highest BCUT2D eigenvalue weighted by molar-refractivity contribution is 5.38. The van der Waals surface area contributed by atoms with E-state index in [1.165, 1.54) is 12.8 Å². The molecule has 0 spiro atoms. The van der Waals surface area contributed by atoms with Crippen molar-refractivity contribution in [2.75, 3.05) is 37.6 Å². The summed E-state index contributed by atoms with van der Waals surface area (Å²) in [4.78, 5) is 9.49. The molecule has 21 heavy (non-hydrogen) atoms. The van der Waals surface area contributed by atoms with E-state index in [1.807, 2.05) is 12.3 Å². The Morgan fingerprint density at radius 1 is 1.24 bits per heavy atom. The van der Waals surface area contributed by atoms with Crippen LogP contribution >= 0.6 is 0 Å². The summed E-state index contributed by atoms with van der Waals surface area (Å²) in [5, 5.41) is 0. The summed E-state index contributed by atoms with van der Waals surface area (Å²) in [5.74, 6) is 2.76. The first-order valence-electron chi connectivity index (χ1n) is 8.26. The Bertz CT molecular complexity index is 445. The molecule has 3 rings (SSSR count). The van der Waals surface area contributed by atoms with Gasteiger partial charge in [-0.1, -0.05) is 19.9 Å². The summed E-state index contributed by atoms with van der Waals surface area (Å²) in [7, 11) is 0. The van der Waals surface area contributed by atoms with E-state index >= 15 is 0 Å². The van der Waals surface area contributed by atoms with Crippen LogP contribution in [0.3, 0.4) is 0 Å². The van der Waals surface area contributed by atoms with Gasteiger partial charge in [-0.3, -0.25) is 4.90 Å². The topological polar surface area (TPSA) is 45.4 Å². The molecule has 0 aromatic carbocycles. The van der Waals surface area contributed by atoms with Gasteiger partial charge in [-0.05, 0) is 36.8 Å². The molecule has 1 saturated heterocycles. The second-order valence-electron chi connectivity index (χ2n) is 7.00. The average molecular weight is 288 g/mol. The van der Waals surface area contributed by atoms with Crippen molar-refractivity contribution in [3.63, 3.8) is 0 Å². The molecule has 2 heterocycles. The van der Waals surface area contributed by atoms with Gasteiger partial charge in [-0.25, -0.2) is 4.98 Å². The van der Waals surface area contributed by atoms with Crippen molar-refractivity contribution in [1.82, 2.24) is 9.88 Å². The Balaban J connectivity index is 1.58. The number of piperazine rings is 1. The number of nitrogens with zero attached hydrogens (tertiary/aromatic N) is 3. The summed E-state index contributed by atoms with van der Waals surface area (Å²) >= 11 is 0. The highest BCUT2D eigenvalue weighted by atomic mass is 15.3. The molecule has 1 aliphatic heterocycles. The first kappa shape index (κ1) is 14.8. The monoisotopic (exact) mass is 288 g/mol. The van der Waals surface area contributed by atoms with Gasteiger partial charge >= 0.3 is 0 Å². The van der Waals surface area contributed by atoms with Crippen molar-refractivity contribution in [3.8, 4) is 0 Å². The number of aromatic nitrogens is 1. The Morgan fingerprint density at radius 2 is 1.95 bits per heavy atom. The van der Waals surface area contributed by atoms with Crippen LogP contribution in [0.4, 0.5) is 5.82 Å². The minimum Gasteiger partial charge on any atom is -0.354 e. The van der Waals surface area contributed by atoms with Crippen molar-refractivity contribution in [2.45, 2.75) is 32.2 Å². The fourth-order valence-electron chi connectivity index (χ4n) is 3.89. The van der Waals surface area contributed by atoms with Gasteiger partial charge in [0, 0.05) is 44.5 Å². The Labute approximate surface area is 128 Å². The normalized spacial score (nSPS) is 30.5. The number of nitrogens with two attached hydrogens (primary N) is 1. The molecule has 0 radical (unpaired) electrons. The van der Waals surface area contributed by atoms with Crippen molar-refractivity contribution >= 4 is 5.82 Å². The van der Waals surface area contributed by atoms with Crippen LogP contribution in [0.1, 0.15) is 26.7 Å². The van der Waals surface area contributed by atoms with E-state index < -0.39 is 0 Å². The predicted molar refractivity (Wildman–Crippen MR) is 87.4 cm³/mol. The van der Waals surface area contributed by atoms with Gasteiger partial charge in [-0.2, -0.15) is 0 Å². The fourth-order valence-corrected chi connectivity index (χ4v) is 3.89. The summed E-state index contributed by atoms with van der Waals surface area (Å²) in [6, 6.07) is 6.14. The molecular weight excluding hydrogens is 260 g/mol. The molecule has 1 aliphatic carbocycles. The van der Waals surface area contributed by atoms with Gasteiger partial charge in [0.2, 0.25) is 0 Å². The van der Waals surface area contributed by atoms with Crippen molar-refractivity contribution in [3.05, 3.63) is 24.4 Å². The van der Waals surface area contributed by atoms with Crippen LogP contribution in [-0.4, -0.2) is 48.1 Å². The molecule has 0 atom stereocenters. The molecule has 0 amide bonds. The maximum absolute atomic E-state index is 6.14. The molecule has 1 aromatic heterocycles. The second-order valence-corrected chi connectivity index (χ2v) is 7.00. The lowest BCUT2D eigenvalue weighted by Gasteiger charge is -2.57. The van der Waals surface area contributed by atoms with E-state index in [1.54, 1.807) is 0 Å². The number of hydrogen-bond acceptors (Lipinski definition) is 4. The largest absolute Gasteiger partial charge is 0.354 e. The van der Waals surface area contributed by atoms with E-state index in [0.29, 0.717) is 0 Å². The Hall–Kier alpha value is -1.13.